The molecule has 0 bridgehead atoms. The number of alkyl carbamates (subject to hydrolysis) is 1. The van der Waals surface area contributed by atoms with E-state index in [1.165, 1.54) is 13.8 Å². The van der Waals surface area contributed by atoms with Gasteiger partial charge in [0.05, 0.1) is 18.8 Å². The Morgan fingerprint density at radius 2 is 0.710 bits per heavy atom. The van der Waals surface area contributed by atoms with Crippen molar-refractivity contribution in [2.75, 3.05) is 13.2 Å². The fraction of sp³-hybridized carbons (Fsp3) is 0.476. The zero-order valence-corrected chi connectivity index (χ0v) is 83.7. The van der Waals surface area contributed by atoms with Crippen molar-refractivity contribution in [1.82, 2.24) is 84.1 Å². The maximum atomic E-state index is 15.4. The summed E-state index contributed by atoms with van der Waals surface area (Å²) in [6.07, 6.45) is 3.48. The monoisotopic (exact) mass is 1910 g/mol. The van der Waals surface area contributed by atoms with Crippen LogP contribution in [0.25, 0.3) is 32.7 Å². The van der Waals surface area contributed by atoms with Gasteiger partial charge < -0.3 is 98.0 Å². The minimum atomic E-state index is -3.01. The fourth-order valence-corrected chi connectivity index (χ4v) is 22.2. The molecule has 742 valence electrons. The molecular weight excluding hydrogens is 1770 g/mol. The Balaban J connectivity index is 0.785. The summed E-state index contributed by atoms with van der Waals surface area (Å²) < 4.78 is 18.9. The lowest BCUT2D eigenvalue weighted by Crippen LogP contribution is -2.67. The Morgan fingerprint density at radius 1 is 0.370 bits per heavy atom. The predicted octanol–water partition coefficient (Wildman–Crippen LogP) is 9.19. The zero-order chi connectivity index (χ0) is 100. The summed E-state index contributed by atoms with van der Waals surface area (Å²) in [4.78, 5) is 198. The molecule has 16 N–H and O–H groups in total. The number of aromatic nitrogens is 3. The van der Waals surface area contributed by atoms with E-state index in [2.05, 4.69) is 129 Å². The second kappa shape index (κ2) is 49.8. The van der Waals surface area contributed by atoms with E-state index in [-0.39, 0.29) is 93.9 Å². The smallest absolute Gasteiger partial charge is 0.408 e. The number of ether oxygens (including phenoxy) is 2. The second-order valence-corrected chi connectivity index (χ2v) is 43.9. The Morgan fingerprint density at radius 3 is 1.14 bits per heavy atom. The number of hydrogen-bond acceptors (Lipinski definition) is 16. The number of carbonyl (C=O) groups is 13. The number of aromatic amines is 3. The maximum Gasteiger partial charge on any atom is 0.408 e. The number of hydrogen-bond donors (Lipinski definition) is 16. The Hall–Kier alpha value is -13.0. The highest BCUT2D eigenvalue weighted by Gasteiger charge is 2.51. The van der Waals surface area contributed by atoms with Gasteiger partial charge in [0.15, 0.2) is 0 Å². The summed E-state index contributed by atoms with van der Waals surface area (Å²) in [6, 6.07) is 37.7. The summed E-state index contributed by atoms with van der Waals surface area (Å²) in [6.45, 7) is 32.8. The normalized spacial score (nSPS) is 16.1. The third kappa shape index (κ3) is 29.3. The second-order valence-electron chi connectivity index (χ2n) is 39.6. The summed E-state index contributed by atoms with van der Waals surface area (Å²) >= 11 is 0. The van der Waals surface area contributed by atoms with E-state index in [1.807, 2.05) is 163 Å². The van der Waals surface area contributed by atoms with Crippen molar-refractivity contribution in [3.63, 3.8) is 0 Å². The van der Waals surface area contributed by atoms with Gasteiger partial charge in [-0.25, -0.2) is 4.79 Å². The minimum Gasteiger partial charge on any atom is -0.445 e. The van der Waals surface area contributed by atoms with Gasteiger partial charge >= 0.3 is 6.09 Å². The van der Waals surface area contributed by atoms with Crippen LogP contribution in [-0.2, 0) is 97.3 Å². The summed E-state index contributed by atoms with van der Waals surface area (Å²) in [7, 11) is -3.01. The average Bonchev–Trinajstić information content (AvgIpc) is 0.905. The van der Waals surface area contributed by atoms with E-state index in [4.69, 9.17) is 13.9 Å². The quantitative estimate of drug-likeness (QED) is 0.0125. The number of rotatable bonds is 48. The van der Waals surface area contributed by atoms with Crippen molar-refractivity contribution < 1.29 is 76.2 Å². The van der Waals surface area contributed by atoms with Crippen LogP contribution in [0.15, 0.2) is 182 Å². The molecule has 13 amide bonds. The highest BCUT2D eigenvalue weighted by atomic mass is 28.4. The molecule has 14 atom stereocenters. The molecule has 0 aliphatic carbocycles. The van der Waals surface area contributed by atoms with Crippen molar-refractivity contribution in [1.29, 1.82) is 0 Å². The van der Waals surface area contributed by atoms with Gasteiger partial charge in [-0.05, 0) is 144 Å². The van der Waals surface area contributed by atoms with E-state index < -0.39 is 188 Å². The van der Waals surface area contributed by atoms with E-state index in [0.717, 1.165) is 54.2 Å². The van der Waals surface area contributed by atoms with E-state index in [0.29, 0.717) is 11.1 Å². The van der Waals surface area contributed by atoms with Crippen LogP contribution in [-0.4, -0.2) is 198 Å². The molecule has 1 saturated heterocycles. The Bertz CT molecular complexity index is 5600. The van der Waals surface area contributed by atoms with E-state index in [9.17, 15) is 43.2 Å². The van der Waals surface area contributed by atoms with Crippen molar-refractivity contribution in [2.45, 2.75) is 272 Å². The van der Waals surface area contributed by atoms with Gasteiger partial charge in [-0.3, -0.25) is 57.5 Å². The third-order valence-corrected chi connectivity index (χ3v) is 30.1. The van der Waals surface area contributed by atoms with Crippen LogP contribution in [0.4, 0.5) is 4.79 Å². The Labute approximate surface area is 809 Å². The first-order chi connectivity index (χ1) is 65.6. The molecule has 6 aromatic carbocycles. The number of nitrogens with one attached hydrogen (secondary N) is 16. The fourth-order valence-electron chi connectivity index (χ4n) is 17.6. The first kappa shape index (κ1) is 107. The van der Waals surface area contributed by atoms with Crippen LogP contribution >= 0.6 is 0 Å². The van der Waals surface area contributed by atoms with Gasteiger partial charge in [-0.1, -0.05) is 249 Å². The van der Waals surface area contributed by atoms with Gasteiger partial charge in [0, 0.05) is 77.1 Å². The van der Waals surface area contributed by atoms with Crippen molar-refractivity contribution >= 4 is 128 Å². The standard InChI is InChI=1S/C105H142N16O16Si/c1-60(2)50-81(113-92(122)68(15)112-104(134)135-59-69-34-22-19-23-35-69)95(125)111-67(14)93(123)119-90(64(9)10)102(132)121-91(65(11)12)103(133)120-89(63(7)8)101(131)118-85(54-71-57-108-79-44-32-29-41-76(71)79)96(126)110-66(13)87-46-47-88(137-87)100(130)117-83(52-62(5)6)98(128)116-86(55-72-58-109-80-45-33-30-42-77(72)80)99(129)114-82(51-61(3)4)97(127)115-84(53-70-56-107-78-43-31-28-40-75(70)78)94(124)106-48-49-136-138(105(16,17)18,73-36-24-20-25-37-73)74-38-26-21-27-39-74/h19-45,56-58,60-68,81-91,107-109H,46-55,59H2,1-18H3,(H,106,124)(H,110,126)(H,111,125)(H,112,134)(H,113,122)(H,114,129)(H,115,127)(H,116,128)(H,117,130)(H,118,131)(H,119,123)(H,120,133)(H,121,132)/t66-,67+,68+,81-,82-,83-,84+,85+,86+,87-,88+,89-,90-,91+/m1/s1. The predicted molar refractivity (Wildman–Crippen MR) is 535 cm³/mol. The van der Waals surface area contributed by atoms with Crippen LogP contribution in [0.5, 0.6) is 0 Å². The molecule has 0 spiro atoms. The number of fused-ring (bicyclic) bond motifs is 3. The van der Waals surface area contributed by atoms with E-state index >= 15 is 19.2 Å². The molecule has 33 heteroatoms. The molecule has 10 rings (SSSR count). The number of para-hydroxylation sites is 3. The van der Waals surface area contributed by atoms with Crippen molar-refractivity contribution in [3.05, 3.63) is 205 Å². The average molecular weight is 1910 g/mol. The minimum absolute atomic E-state index is 0.0323. The highest BCUT2D eigenvalue weighted by Crippen LogP contribution is 2.37. The molecule has 1 aliphatic rings. The molecule has 32 nitrogen and oxygen atoms in total. The topological polar surface area (TPSA) is 453 Å². The number of benzene rings is 6. The molecule has 1 aliphatic heterocycles. The van der Waals surface area contributed by atoms with Gasteiger partial charge in [0.1, 0.15) is 79.2 Å². The summed E-state index contributed by atoms with van der Waals surface area (Å²) in [5, 5.41) is 41.4. The molecule has 3 aromatic heterocycles. The third-order valence-electron chi connectivity index (χ3n) is 25.1. The van der Waals surface area contributed by atoms with Crippen molar-refractivity contribution in [2.24, 2.45) is 35.5 Å². The lowest BCUT2D eigenvalue weighted by Gasteiger charge is -2.43. The van der Waals surface area contributed by atoms with Crippen LogP contribution in [0.2, 0.25) is 5.04 Å². The van der Waals surface area contributed by atoms with Crippen LogP contribution in [0, 0.1) is 35.5 Å². The van der Waals surface area contributed by atoms with Gasteiger partial charge in [0.2, 0.25) is 70.9 Å². The zero-order valence-electron chi connectivity index (χ0n) is 82.7. The summed E-state index contributed by atoms with van der Waals surface area (Å²) in [5.41, 5.74) is 5.27. The summed E-state index contributed by atoms with van der Waals surface area (Å²) in [5.74, 6) is -10.2. The van der Waals surface area contributed by atoms with Gasteiger partial charge in [0.25, 0.3) is 8.32 Å². The molecule has 0 radical (unpaired) electrons. The SMILES string of the molecule is CC(C)C[C@@H](NC(=O)[C@H](C)NC(=O)OCc1ccccc1)C(=O)N[C@@H](C)C(=O)N[C@@H](C(=O)N[C@H](C(=O)N[C@@H](C(=O)N[C@@H](Cc1c[nH]c2ccccc12)C(=O)N[C@H](C)[C@H]1CC[C@@H](C(=O)N[C@H](CC(C)C)C(=O)N[C@@H](Cc2c[nH]c3ccccc23)C(=O)N[C@H](CC(C)C)C(=O)N[C@@H](Cc2c[nH]c3ccccc23)C(=O)NCCO[Si](c2ccccc2)(c2ccccc2)C(C)(C)C)O1)C(C)C)C(C)C)C(C)C. The molecular formula is C105H142N16O16Si. The number of carbonyl (C=O) groups excluding carboxylic acids is 13. The first-order valence-electron chi connectivity index (χ1n) is 48.2. The van der Waals surface area contributed by atoms with Crippen LogP contribution < -0.4 is 79.5 Å². The number of amides is 13. The lowest BCUT2D eigenvalue weighted by molar-refractivity contribution is -0.138. The van der Waals surface area contributed by atoms with Crippen LogP contribution in [0.1, 0.15) is 179 Å². The molecule has 1 fully saturated rings. The molecule has 0 saturated carbocycles. The highest BCUT2D eigenvalue weighted by molar-refractivity contribution is 6.99. The maximum absolute atomic E-state index is 15.4. The van der Waals surface area contributed by atoms with Crippen molar-refractivity contribution in [3.8, 4) is 0 Å². The largest absolute Gasteiger partial charge is 0.445 e. The molecule has 0 unspecified atom stereocenters. The van der Waals surface area contributed by atoms with E-state index in [1.54, 1.807) is 85.1 Å². The van der Waals surface area contributed by atoms with Crippen LogP contribution in [0.3, 0.4) is 0 Å². The molecule has 9 aromatic rings. The van der Waals surface area contributed by atoms with Gasteiger partial charge in [-0.15, -0.1) is 0 Å². The van der Waals surface area contributed by atoms with Gasteiger partial charge in [-0.2, -0.15) is 0 Å². The molecule has 138 heavy (non-hydrogen) atoms. The molecule has 4 heterocycles. The lowest BCUT2D eigenvalue weighted by atomic mass is 9.97. The Kier molecular flexibility index (Phi) is 38.7. The first-order valence-corrected chi connectivity index (χ1v) is 50.1. The number of H-pyrrole nitrogens is 3.